The van der Waals surface area contributed by atoms with Crippen molar-refractivity contribution in [2.45, 2.75) is 6.61 Å². The van der Waals surface area contributed by atoms with Gasteiger partial charge in [0.1, 0.15) is 12.4 Å². The van der Waals surface area contributed by atoms with Crippen LogP contribution in [0.2, 0.25) is 5.02 Å². The van der Waals surface area contributed by atoms with E-state index in [9.17, 15) is 9.18 Å². The molecule has 19 heavy (non-hydrogen) atoms. The van der Waals surface area contributed by atoms with Crippen LogP contribution in [-0.4, -0.2) is 5.91 Å². The fourth-order valence-corrected chi connectivity index (χ4v) is 1.56. The average molecular weight is 285 g/mol. The molecule has 0 radical (unpaired) electrons. The number of furan rings is 1. The molecule has 100 valence electrons. The van der Waals surface area contributed by atoms with Gasteiger partial charge in [0.15, 0.2) is 17.3 Å². The number of nitrogens with one attached hydrogen (secondary N) is 1. The Morgan fingerprint density at radius 2 is 2.21 bits per heavy atom. The third-order valence-corrected chi connectivity index (χ3v) is 2.59. The van der Waals surface area contributed by atoms with Crippen molar-refractivity contribution in [3.63, 3.8) is 0 Å². The quantitative estimate of drug-likeness (QED) is 0.513. The van der Waals surface area contributed by atoms with Gasteiger partial charge in [-0.15, -0.1) is 0 Å². The third kappa shape index (κ3) is 3.04. The van der Waals surface area contributed by atoms with Crippen molar-refractivity contribution in [3.05, 3.63) is 52.7 Å². The molecule has 2 rings (SSSR count). The van der Waals surface area contributed by atoms with E-state index >= 15 is 0 Å². The lowest BCUT2D eigenvalue weighted by Gasteiger charge is -2.06. The molecule has 0 bridgehead atoms. The lowest BCUT2D eigenvalue weighted by Crippen LogP contribution is -2.29. The number of hydrogen-bond acceptors (Lipinski definition) is 4. The molecule has 0 atom stereocenters. The second-order valence-electron chi connectivity index (χ2n) is 3.58. The first-order valence-corrected chi connectivity index (χ1v) is 5.66. The van der Waals surface area contributed by atoms with Gasteiger partial charge in [0, 0.05) is 0 Å². The van der Waals surface area contributed by atoms with E-state index in [-0.39, 0.29) is 23.1 Å². The number of carbonyl (C=O) groups is 1. The van der Waals surface area contributed by atoms with E-state index in [4.69, 9.17) is 26.6 Å². The first-order valence-electron chi connectivity index (χ1n) is 5.28. The molecule has 2 aromatic rings. The van der Waals surface area contributed by atoms with Crippen LogP contribution in [0.4, 0.5) is 4.39 Å². The van der Waals surface area contributed by atoms with Gasteiger partial charge in [-0.3, -0.25) is 10.2 Å². The molecule has 0 aliphatic rings. The van der Waals surface area contributed by atoms with Crippen molar-refractivity contribution in [2.75, 3.05) is 0 Å². The van der Waals surface area contributed by atoms with Crippen molar-refractivity contribution in [3.8, 4) is 5.75 Å². The minimum absolute atomic E-state index is 0.00808. The third-order valence-electron chi connectivity index (χ3n) is 2.30. The normalized spacial score (nSPS) is 10.3. The first kappa shape index (κ1) is 13.4. The van der Waals surface area contributed by atoms with E-state index in [1.165, 1.54) is 24.3 Å². The molecule has 0 saturated carbocycles. The summed E-state index contributed by atoms with van der Waals surface area (Å²) in [6.45, 7) is -0.0326. The van der Waals surface area contributed by atoms with E-state index < -0.39 is 11.7 Å². The Morgan fingerprint density at radius 3 is 2.95 bits per heavy atom. The van der Waals surface area contributed by atoms with Gasteiger partial charge in [-0.05, 0) is 24.3 Å². The van der Waals surface area contributed by atoms with Crippen molar-refractivity contribution in [2.24, 2.45) is 5.84 Å². The van der Waals surface area contributed by atoms with Crippen LogP contribution in [0, 0.1) is 5.82 Å². The molecule has 5 nitrogen and oxygen atoms in total. The molecule has 1 heterocycles. The fraction of sp³-hybridized carbons (Fsp3) is 0.0833. The van der Waals surface area contributed by atoms with Crippen molar-refractivity contribution < 1.29 is 18.3 Å². The van der Waals surface area contributed by atoms with Gasteiger partial charge >= 0.3 is 5.91 Å². The van der Waals surface area contributed by atoms with Crippen molar-refractivity contribution >= 4 is 17.5 Å². The van der Waals surface area contributed by atoms with Crippen LogP contribution < -0.4 is 16.0 Å². The number of halogens is 2. The predicted molar refractivity (Wildman–Crippen MR) is 66.1 cm³/mol. The van der Waals surface area contributed by atoms with E-state index in [1.54, 1.807) is 6.07 Å². The van der Waals surface area contributed by atoms with Gasteiger partial charge in [0.2, 0.25) is 0 Å². The Bertz CT molecular complexity index is 600. The van der Waals surface area contributed by atoms with E-state index in [2.05, 4.69) is 0 Å². The van der Waals surface area contributed by atoms with E-state index in [1.807, 2.05) is 5.43 Å². The molecule has 0 saturated heterocycles. The summed E-state index contributed by atoms with van der Waals surface area (Å²) < 4.78 is 23.9. The predicted octanol–water partition coefficient (Wildman–Crippen LogP) is 2.25. The molecular weight excluding hydrogens is 275 g/mol. The molecule has 0 aliphatic carbocycles. The van der Waals surface area contributed by atoms with Gasteiger partial charge in [-0.25, -0.2) is 10.2 Å². The fourth-order valence-electron chi connectivity index (χ4n) is 1.39. The summed E-state index contributed by atoms with van der Waals surface area (Å²) >= 11 is 5.61. The van der Waals surface area contributed by atoms with Crippen LogP contribution in [0.15, 0.2) is 34.7 Å². The average Bonchev–Trinajstić information content (AvgIpc) is 2.88. The van der Waals surface area contributed by atoms with Gasteiger partial charge in [-0.2, -0.15) is 0 Å². The summed E-state index contributed by atoms with van der Waals surface area (Å²) in [6.07, 6.45) is 0. The Balaban J connectivity index is 2.04. The standard InChI is InChI=1S/C12H10ClFN2O3/c13-8-2-1-3-9(11(8)14)18-6-7-4-5-10(19-7)12(17)16-15/h1-5H,6,15H2,(H,16,17). The summed E-state index contributed by atoms with van der Waals surface area (Å²) in [4.78, 5) is 11.2. The SMILES string of the molecule is NNC(=O)c1ccc(COc2cccc(Cl)c2F)o1. The maximum absolute atomic E-state index is 13.5. The topological polar surface area (TPSA) is 77.5 Å². The minimum Gasteiger partial charge on any atom is -0.483 e. The lowest BCUT2D eigenvalue weighted by molar-refractivity contribution is 0.0921. The zero-order valence-electron chi connectivity index (χ0n) is 9.65. The van der Waals surface area contributed by atoms with Crippen LogP contribution in [0.3, 0.4) is 0 Å². The molecule has 0 unspecified atom stereocenters. The zero-order valence-corrected chi connectivity index (χ0v) is 10.4. The molecule has 1 aromatic heterocycles. The summed E-state index contributed by atoms with van der Waals surface area (Å²) in [7, 11) is 0. The number of nitrogen functional groups attached to an aromatic ring is 1. The number of hydrazine groups is 1. The largest absolute Gasteiger partial charge is 0.483 e. The van der Waals surface area contributed by atoms with Crippen LogP contribution in [-0.2, 0) is 6.61 Å². The minimum atomic E-state index is -0.643. The van der Waals surface area contributed by atoms with Crippen LogP contribution in [0.25, 0.3) is 0 Å². The highest BCUT2D eigenvalue weighted by atomic mass is 35.5. The molecule has 1 amide bonds. The van der Waals surface area contributed by atoms with Gasteiger partial charge in [0.05, 0.1) is 5.02 Å². The Hall–Kier alpha value is -2.05. The molecule has 0 aliphatic heterocycles. The Kier molecular flexibility index (Phi) is 4.03. The van der Waals surface area contributed by atoms with Crippen LogP contribution in [0.5, 0.6) is 5.75 Å². The number of nitrogens with two attached hydrogens (primary N) is 1. The van der Waals surface area contributed by atoms with Gasteiger partial charge in [0.25, 0.3) is 0 Å². The number of amides is 1. The molecular formula is C12H10ClFN2O3. The molecule has 7 heteroatoms. The van der Waals surface area contributed by atoms with E-state index in [0.29, 0.717) is 5.76 Å². The smallest absolute Gasteiger partial charge is 0.300 e. The van der Waals surface area contributed by atoms with Crippen LogP contribution in [0.1, 0.15) is 16.3 Å². The summed E-state index contributed by atoms with van der Waals surface area (Å²) in [5.41, 5.74) is 1.93. The number of rotatable bonds is 4. The van der Waals surface area contributed by atoms with E-state index in [0.717, 1.165) is 0 Å². The van der Waals surface area contributed by atoms with Gasteiger partial charge < -0.3 is 9.15 Å². The summed E-state index contributed by atoms with van der Waals surface area (Å²) in [5.74, 6) is 4.18. The summed E-state index contributed by atoms with van der Waals surface area (Å²) in [5, 5.41) is -0.0276. The van der Waals surface area contributed by atoms with Crippen LogP contribution >= 0.6 is 11.6 Å². The lowest BCUT2D eigenvalue weighted by atomic mass is 10.3. The maximum atomic E-state index is 13.5. The molecule has 0 fully saturated rings. The molecule has 0 spiro atoms. The highest BCUT2D eigenvalue weighted by Crippen LogP contribution is 2.25. The highest BCUT2D eigenvalue weighted by molar-refractivity contribution is 6.30. The number of carbonyl (C=O) groups excluding carboxylic acids is 1. The number of benzene rings is 1. The second kappa shape index (κ2) is 5.73. The second-order valence-corrected chi connectivity index (χ2v) is 3.99. The van der Waals surface area contributed by atoms with Crippen molar-refractivity contribution in [1.29, 1.82) is 0 Å². The molecule has 3 N–H and O–H groups in total. The maximum Gasteiger partial charge on any atom is 0.300 e. The Morgan fingerprint density at radius 1 is 1.42 bits per heavy atom. The Labute approximate surface area is 113 Å². The highest BCUT2D eigenvalue weighted by Gasteiger charge is 2.11. The van der Waals surface area contributed by atoms with Crippen molar-refractivity contribution in [1.82, 2.24) is 5.43 Å². The molecule has 1 aromatic carbocycles. The monoisotopic (exact) mass is 284 g/mol. The number of ether oxygens (including phenoxy) is 1. The number of hydrogen-bond donors (Lipinski definition) is 2. The zero-order chi connectivity index (χ0) is 13.8. The first-order chi connectivity index (χ1) is 9.11. The van der Waals surface area contributed by atoms with Gasteiger partial charge in [-0.1, -0.05) is 17.7 Å². The summed E-state index contributed by atoms with van der Waals surface area (Å²) in [6, 6.07) is 7.40.